The van der Waals surface area contributed by atoms with Crippen molar-refractivity contribution in [1.82, 2.24) is 10.4 Å². The number of aromatic nitrogens is 1. The highest BCUT2D eigenvalue weighted by Gasteiger charge is 2.23. The molecule has 0 saturated heterocycles. The van der Waals surface area contributed by atoms with E-state index in [4.69, 9.17) is 0 Å². The second kappa shape index (κ2) is 6.34. The zero-order valence-electron chi connectivity index (χ0n) is 13.5. The van der Waals surface area contributed by atoms with Crippen LogP contribution in [0.3, 0.4) is 0 Å². The number of nitrogens with one attached hydrogen (secondary N) is 1. The van der Waals surface area contributed by atoms with Crippen LogP contribution in [0.1, 0.15) is 21.8 Å². The van der Waals surface area contributed by atoms with E-state index in [9.17, 15) is 5.26 Å². The molecule has 3 aromatic rings. The van der Waals surface area contributed by atoms with Crippen LogP contribution in [0, 0.1) is 18.3 Å². The first kappa shape index (κ1) is 15.3. The molecule has 0 fully saturated rings. The molecule has 0 spiro atoms. The maximum atomic E-state index is 9.36. The van der Waals surface area contributed by atoms with Gasteiger partial charge in [0.25, 0.3) is 0 Å². The zero-order valence-corrected chi connectivity index (χ0v) is 14.3. The first-order valence-electron chi connectivity index (χ1n) is 7.83. The molecule has 1 heterocycles. The predicted molar refractivity (Wildman–Crippen MR) is 101 cm³/mol. The topological polar surface area (TPSA) is 61.1 Å². The van der Waals surface area contributed by atoms with Crippen molar-refractivity contribution in [2.45, 2.75) is 6.92 Å². The summed E-state index contributed by atoms with van der Waals surface area (Å²) in [5, 5.41) is 16.5. The molecular formula is C20H14N4S. The molecular weight excluding hydrogens is 328 g/mol. The number of benzene rings is 2. The van der Waals surface area contributed by atoms with Crippen LogP contribution in [0.15, 0.2) is 65.2 Å². The molecule has 0 radical (unpaired) electrons. The maximum Gasteiger partial charge on any atom is 0.135 e. The van der Waals surface area contributed by atoms with Gasteiger partial charge in [0.2, 0.25) is 0 Å². The van der Waals surface area contributed by atoms with E-state index in [-0.39, 0.29) is 0 Å². The molecule has 0 unspecified atom stereocenters. The first-order chi connectivity index (χ1) is 12.3. The van der Waals surface area contributed by atoms with Crippen molar-refractivity contribution in [2.24, 2.45) is 5.10 Å². The molecule has 4 rings (SSSR count). The first-order valence-corrected chi connectivity index (χ1v) is 8.71. The summed E-state index contributed by atoms with van der Waals surface area (Å²) >= 11 is 1.45. The minimum atomic E-state index is 0.474. The Labute approximate surface area is 149 Å². The highest BCUT2D eigenvalue weighted by molar-refractivity contribution is 7.10. The summed E-state index contributed by atoms with van der Waals surface area (Å²) in [6.07, 6.45) is 1.61. The highest BCUT2D eigenvalue weighted by atomic mass is 32.1. The van der Waals surface area contributed by atoms with Gasteiger partial charge in [-0.25, -0.2) is 4.98 Å². The van der Waals surface area contributed by atoms with Gasteiger partial charge in [-0.2, -0.15) is 10.4 Å². The standard InChI is InChI=1S/C20H14N4S/c1-13-12-25-20(23-13)14(10-21)11-22-24-19-17-8-4-2-6-15(17)16-7-3-5-9-18(16)19/h2-9,11-12,22H,1H3/b14-11+. The zero-order chi connectivity index (χ0) is 17.2. The van der Waals surface area contributed by atoms with E-state index in [1.54, 1.807) is 6.20 Å². The Morgan fingerprint density at radius 2 is 1.68 bits per heavy atom. The van der Waals surface area contributed by atoms with Crippen LogP contribution in [0.2, 0.25) is 0 Å². The van der Waals surface area contributed by atoms with Gasteiger partial charge in [-0.3, -0.25) is 5.43 Å². The lowest BCUT2D eigenvalue weighted by Gasteiger charge is -2.01. The fraction of sp³-hybridized carbons (Fsp3) is 0.0500. The van der Waals surface area contributed by atoms with Crippen LogP contribution >= 0.6 is 11.3 Å². The van der Waals surface area contributed by atoms with Crippen molar-refractivity contribution in [3.8, 4) is 17.2 Å². The van der Waals surface area contributed by atoms with E-state index in [2.05, 4.69) is 45.8 Å². The maximum absolute atomic E-state index is 9.36. The molecule has 0 saturated carbocycles. The van der Waals surface area contributed by atoms with E-state index in [1.807, 2.05) is 36.6 Å². The molecule has 1 N–H and O–H groups in total. The summed E-state index contributed by atoms with van der Waals surface area (Å²) in [6.45, 7) is 1.91. The van der Waals surface area contributed by atoms with Crippen molar-refractivity contribution in [3.63, 3.8) is 0 Å². The fourth-order valence-electron chi connectivity index (χ4n) is 2.90. The lowest BCUT2D eigenvalue weighted by molar-refractivity contribution is 0.971. The molecule has 0 amide bonds. The number of hydrogen-bond acceptors (Lipinski definition) is 5. The monoisotopic (exact) mass is 342 g/mol. The second-order valence-electron chi connectivity index (χ2n) is 5.64. The second-order valence-corrected chi connectivity index (χ2v) is 6.50. The van der Waals surface area contributed by atoms with Gasteiger partial charge in [-0.15, -0.1) is 11.3 Å². The number of thiazole rings is 1. The largest absolute Gasteiger partial charge is 0.284 e. The minimum Gasteiger partial charge on any atom is -0.284 e. The number of hydrazone groups is 1. The lowest BCUT2D eigenvalue weighted by atomic mass is 10.1. The average molecular weight is 342 g/mol. The van der Waals surface area contributed by atoms with Gasteiger partial charge in [0.05, 0.1) is 5.71 Å². The molecule has 25 heavy (non-hydrogen) atoms. The number of nitriles is 1. The average Bonchev–Trinajstić information content (AvgIpc) is 3.21. The summed E-state index contributed by atoms with van der Waals surface area (Å²) in [6, 6.07) is 18.6. The molecule has 1 aromatic heterocycles. The molecule has 120 valence electrons. The molecule has 0 atom stereocenters. The molecule has 4 nitrogen and oxygen atoms in total. The van der Waals surface area contributed by atoms with Crippen molar-refractivity contribution >= 4 is 22.6 Å². The number of aryl methyl sites for hydroxylation is 1. The Morgan fingerprint density at radius 3 is 2.20 bits per heavy atom. The third-order valence-corrected chi connectivity index (χ3v) is 5.00. The van der Waals surface area contributed by atoms with Gasteiger partial charge in [-0.1, -0.05) is 48.5 Å². The number of allylic oxidation sites excluding steroid dienone is 1. The number of fused-ring (bicyclic) bond motifs is 3. The van der Waals surface area contributed by atoms with Crippen LogP contribution in [0.5, 0.6) is 0 Å². The number of hydrogen-bond donors (Lipinski definition) is 1. The van der Waals surface area contributed by atoms with Crippen LogP contribution < -0.4 is 5.43 Å². The van der Waals surface area contributed by atoms with Crippen LogP contribution in [-0.2, 0) is 0 Å². The van der Waals surface area contributed by atoms with Crippen molar-refractivity contribution in [2.75, 3.05) is 0 Å². The molecule has 2 aromatic carbocycles. The summed E-state index contributed by atoms with van der Waals surface area (Å²) in [5.74, 6) is 0. The van der Waals surface area contributed by atoms with Gasteiger partial charge in [-0.05, 0) is 18.1 Å². The summed E-state index contributed by atoms with van der Waals surface area (Å²) < 4.78 is 0. The van der Waals surface area contributed by atoms with Gasteiger partial charge >= 0.3 is 0 Å². The van der Waals surface area contributed by atoms with Gasteiger partial charge < -0.3 is 0 Å². The SMILES string of the molecule is Cc1csc(/C(C#N)=C/NN=C2c3ccccc3-c3ccccc32)n1. The van der Waals surface area contributed by atoms with E-state index >= 15 is 0 Å². The summed E-state index contributed by atoms with van der Waals surface area (Å²) in [7, 11) is 0. The number of nitrogens with zero attached hydrogens (tertiary/aromatic N) is 3. The normalized spacial score (nSPS) is 12.3. The Balaban J connectivity index is 1.70. The van der Waals surface area contributed by atoms with E-state index in [0.29, 0.717) is 10.6 Å². The molecule has 0 aliphatic heterocycles. The minimum absolute atomic E-state index is 0.474. The van der Waals surface area contributed by atoms with Gasteiger partial charge in [0, 0.05) is 28.4 Å². The van der Waals surface area contributed by atoms with Gasteiger partial charge in [0.15, 0.2) is 0 Å². The Hall–Kier alpha value is -3.23. The Bertz CT molecular complexity index is 1010. The van der Waals surface area contributed by atoms with Crippen molar-refractivity contribution < 1.29 is 0 Å². The quantitative estimate of drug-likeness (QED) is 0.445. The smallest absolute Gasteiger partial charge is 0.135 e. The highest BCUT2D eigenvalue weighted by Crippen LogP contribution is 2.36. The number of rotatable bonds is 3. The molecule has 5 heteroatoms. The van der Waals surface area contributed by atoms with E-state index in [0.717, 1.165) is 22.5 Å². The Kier molecular flexibility index (Phi) is 3.88. The molecule has 0 bridgehead atoms. The van der Waals surface area contributed by atoms with Crippen LogP contribution in [0.25, 0.3) is 16.7 Å². The molecule has 1 aliphatic carbocycles. The third kappa shape index (κ3) is 2.73. The van der Waals surface area contributed by atoms with E-state index < -0.39 is 0 Å². The predicted octanol–water partition coefficient (Wildman–Crippen LogP) is 4.34. The van der Waals surface area contributed by atoms with Crippen LogP contribution in [-0.4, -0.2) is 10.7 Å². The van der Waals surface area contributed by atoms with E-state index in [1.165, 1.54) is 22.5 Å². The summed E-state index contributed by atoms with van der Waals surface area (Å²) in [5.41, 5.74) is 9.75. The van der Waals surface area contributed by atoms with Gasteiger partial charge in [0.1, 0.15) is 16.6 Å². The van der Waals surface area contributed by atoms with Crippen molar-refractivity contribution in [1.29, 1.82) is 5.26 Å². The summed E-state index contributed by atoms with van der Waals surface area (Å²) in [4.78, 5) is 4.34. The third-order valence-electron chi connectivity index (χ3n) is 4.01. The fourth-order valence-corrected chi connectivity index (χ4v) is 3.66. The lowest BCUT2D eigenvalue weighted by Crippen LogP contribution is -2.06. The Morgan fingerprint density at radius 1 is 1.08 bits per heavy atom. The molecule has 1 aliphatic rings. The van der Waals surface area contributed by atoms with Crippen molar-refractivity contribution in [3.05, 3.63) is 81.9 Å². The van der Waals surface area contributed by atoms with Crippen LogP contribution in [0.4, 0.5) is 0 Å².